The zero-order chi connectivity index (χ0) is 17.1. The number of benzene rings is 1. The van der Waals surface area contributed by atoms with E-state index >= 15 is 0 Å². The van der Waals surface area contributed by atoms with Crippen LogP contribution in [-0.2, 0) is 14.8 Å². The van der Waals surface area contributed by atoms with E-state index in [0.29, 0.717) is 19.0 Å². The minimum atomic E-state index is -3.69. The summed E-state index contributed by atoms with van der Waals surface area (Å²) >= 11 is 0. The van der Waals surface area contributed by atoms with Crippen molar-refractivity contribution in [3.63, 3.8) is 0 Å². The third-order valence-corrected chi connectivity index (χ3v) is 7.57. The highest BCUT2D eigenvalue weighted by Crippen LogP contribution is 2.55. The van der Waals surface area contributed by atoms with Crippen LogP contribution in [-0.4, -0.2) is 63.1 Å². The number of hydrogen-bond donors (Lipinski definition) is 0. The highest BCUT2D eigenvalue weighted by Gasteiger charge is 2.64. The van der Waals surface area contributed by atoms with Crippen LogP contribution in [0.2, 0.25) is 0 Å². The molecule has 1 spiro atoms. The van der Waals surface area contributed by atoms with E-state index < -0.39 is 15.8 Å². The van der Waals surface area contributed by atoms with E-state index in [1.807, 2.05) is 14.1 Å². The number of ether oxygens (including phenoxy) is 1. The molecule has 1 aromatic rings. The second-order valence-electron chi connectivity index (χ2n) is 7.55. The minimum Gasteiger partial charge on any atom is -0.370 e. The van der Waals surface area contributed by atoms with Gasteiger partial charge in [0.25, 0.3) is 0 Å². The van der Waals surface area contributed by atoms with Gasteiger partial charge in [0.05, 0.1) is 16.6 Å². The van der Waals surface area contributed by atoms with E-state index in [0.717, 1.165) is 25.5 Å². The Labute approximate surface area is 142 Å². The molecular formula is C17H23FN2O3S. The Bertz CT molecular complexity index is 754. The van der Waals surface area contributed by atoms with Crippen molar-refractivity contribution in [3.8, 4) is 0 Å². The second-order valence-corrected chi connectivity index (χ2v) is 9.49. The molecule has 3 aliphatic rings. The maximum Gasteiger partial charge on any atom is 0.243 e. The molecule has 0 saturated carbocycles. The topological polar surface area (TPSA) is 49.9 Å². The lowest BCUT2D eigenvalue weighted by molar-refractivity contribution is 0.00739. The maximum absolute atomic E-state index is 13.5. The third-order valence-electron chi connectivity index (χ3n) is 5.76. The largest absolute Gasteiger partial charge is 0.370 e. The van der Waals surface area contributed by atoms with Crippen LogP contribution in [0.25, 0.3) is 0 Å². The number of nitrogens with zero attached hydrogens (tertiary/aromatic N) is 2. The molecule has 0 aliphatic carbocycles. The number of halogens is 1. The van der Waals surface area contributed by atoms with Crippen LogP contribution in [0.3, 0.4) is 0 Å². The first kappa shape index (κ1) is 16.4. The van der Waals surface area contributed by atoms with Gasteiger partial charge in [-0.3, -0.25) is 0 Å². The smallest absolute Gasteiger partial charge is 0.243 e. The summed E-state index contributed by atoms with van der Waals surface area (Å²) in [7, 11) is 0.388. The summed E-state index contributed by atoms with van der Waals surface area (Å²) in [4.78, 5) is 2.17. The summed E-state index contributed by atoms with van der Waals surface area (Å²) in [6.07, 6.45) is 2.17. The van der Waals surface area contributed by atoms with Crippen molar-refractivity contribution in [3.05, 3.63) is 30.1 Å². The SMILES string of the molecule is CN(C)C[C@H]1[C@H]2CN(S(=O)(=O)c3cccc(F)c3)C[C@]23CC[C@H]1O3. The molecule has 3 heterocycles. The van der Waals surface area contributed by atoms with Gasteiger partial charge in [-0.2, -0.15) is 4.31 Å². The first-order valence-electron chi connectivity index (χ1n) is 8.40. The molecule has 5 nitrogen and oxygen atoms in total. The molecule has 2 bridgehead atoms. The predicted molar refractivity (Wildman–Crippen MR) is 87.5 cm³/mol. The van der Waals surface area contributed by atoms with Crippen LogP contribution in [0, 0.1) is 17.7 Å². The van der Waals surface area contributed by atoms with Crippen molar-refractivity contribution in [2.45, 2.75) is 29.4 Å². The highest BCUT2D eigenvalue weighted by molar-refractivity contribution is 7.89. The van der Waals surface area contributed by atoms with Gasteiger partial charge in [0.2, 0.25) is 10.0 Å². The van der Waals surface area contributed by atoms with Crippen LogP contribution in [0.4, 0.5) is 4.39 Å². The average molecular weight is 354 g/mol. The molecule has 3 aliphatic heterocycles. The molecule has 3 fully saturated rings. The Balaban J connectivity index is 1.62. The Morgan fingerprint density at radius 1 is 1.42 bits per heavy atom. The summed E-state index contributed by atoms with van der Waals surface area (Å²) in [5, 5.41) is 0. The lowest BCUT2D eigenvalue weighted by Crippen LogP contribution is -2.40. The van der Waals surface area contributed by atoms with Gasteiger partial charge in [-0.05, 0) is 45.1 Å². The summed E-state index contributed by atoms with van der Waals surface area (Å²) in [5.74, 6) is 0.0553. The van der Waals surface area contributed by atoms with E-state index in [2.05, 4.69) is 4.90 Å². The van der Waals surface area contributed by atoms with Gasteiger partial charge in [-0.25, -0.2) is 12.8 Å². The standard InChI is InChI=1S/C17H23FN2O3S/c1-19(2)9-14-15-10-20(11-17(15)7-6-16(14)23-17)24(21,22)13-5-3-4-12(18)8-13/h3-5,8,14-16H,6-7,9-11H2,1-2H3/t14-,15+,16+,17+/m0/s1. The number of sulfonamides is 1. The van der Waals surface area contributed by atoms with Crippen molar-refractivity contribution < 1.29 is 17.5 Å². The average Bonchev–Trinajstić information content (AvgIpc) is 3.16. The van der Waals surface area contributed by atoms with Crippen molar-refractivity contribution in [1.29, 1.82) is 0 Å². The van der Waals surface area contributed by atoms with Crippen molar-refractivity contribution >= 4 is 10.0 Å². The molecule has 0 aromatic heterocycles. The van der Waals surface area contributed by atoms with E-state index in [1.165, 1.54) is 22.5 Å². The van der Waals surface area contributed by atoms with Gasteiger partial charge >= 0.3 is 0 Å². The summed E-state index contributed by atoms with van der Waals surface area (Å²) in [6, 6.07) is 5.25. The molecule has 0 radical (unpaired) electrons. The molecule has 132 valence electrons. The van der Waals surface area contributed by atoms with Crippen molar-refractivity contribution in [2.24, 2.45) is 11.8 Å². The molecule has 0 amide bonds. The van der Waals surface area contributed by atoms with Gasteiger partial charge < -0.3 is 9.64 Å². The van der Waals surface area contributed by atoms with Crippen LogP contribution < -0.4 is 0 Å². The molecule has 4 atom stereocenters. The summed E-state index contributed by atoms with van der Waals surface area (Å²) in [5.41, 5.74) is -0.342. The zero-order valence-corrected chi connectivity index (χ0v) is 14.8. The molecule has 24 heavy (non-hydrogen) atoms. The fraction of sp³-hybridized carbons (Fsp3) is 0.647. The Hall–Kier alpha value is -1.02. The highest BCUT2D eigenvalue weighted by atomic mass is 32.2. The first-order chi connectivity index (χ1) is 11.3. The Morgan fingerprint density at radius 2 is 2.21 bits per heavy atom. The van der Waals surface area contributed by atoms with Crippen LogP contribution in [0.15, 0.2) is 29.2 Å². The lowest BCUT2D eigenvalue weighted by Gasteiger charge is -2.31. The van der Waals surface area contributed by atoms with Crippen molar-refractivity contribution in [2.75, 3.05) is 33.7 Å². The quantitative estimate of drug-likeness (QED) is 0.823. The van der Waals surface area contributed by atoms with E-state index in [9.17, 15) is 12.8 Å². The Morgan fingerprint density at radius 3 is 2.92 bits per heavy atom. The molecule has 1 aromatic carbocycles. The third kappa shape index (κ3) is 2.41. The van der Waals surface area contributed by atoms with E-state index in [1.54, 1.807) is 0 Å². The fourth-order valence-corrected chi connectivity index (χ4v) is 6.33. The zero-order valence-electron chi connectivity index (χ0n) is 14.0. The van der Waals surface area contributed by atoms with Crippen LogP contribution in [0.1, 0.15) is 12.8 Å². The van der Waals surface area contributed by atoms with Gasteiger partial charge in [0.1, 0.15) is 5.82 Å². The number of rotatable bonds is 4. The Kier molecular flexibility index (Phi) is 3.76. The lowest BCUT2D eigenvalue weighted by atomic mass is 9.73. The monoisotopic (exact) mass is 354 g/mol. The van der Waals surface area contributed by atoms with Gasteiger partial charge in [-0.1, -0.05) is 6.07 Å². The fourth-order valence-electron chi connectivity index (χ4n) is 4.77. The number of fused-ring (bicyclic) bond motifs is 1. The minimum absolute atomic E-state index is 0.0255. The summed E-state index contributed by atoms with van der Waals surface area (Å²) < 4.78 is 47.1. The molecular weight excluding hydrogens is 331 g/mol. The van der Waals surface area contributed by atoms with Gasteiger partial charge in [0.15, 0.2) is 0 Å². The second kappa shape index (κ2) is 5.49. The predicted octanol–water partition coefficient (Wildman–Crippen LogP) is 1.56. The molecule has 3 saturated heterocycles. The summed E-state index contributed by atoms with van der Waals surface area (Å²) in [6.45, 7) is 1.76. The maximum atomic E-state index is 13.5. The molecule has 4 rings (SSSR count). The number of hydrogen-bond acceptors (Lipinski definition) is 4. The van der Waals surface area contributed by atoms with E-state index in [-0.39, 0.29) is 22.5 Å². The van der Waals surface area contributed by atoms with Gasteiger partial charge in [-0.15, -0.1) is 0 Å². The van der Waals surface area contributed by atoms with Gasteiger partial charge in [0, 0.05) is 31.5 Å². The first-order valence-corrected chi connectivity index (χ1v) is 9.84. The molecule has 0 N–H and O–H groups in total. The normalized spacial score (nSPS) is 35.8. The van der Waals surface area contributed by atoms with Crippen LogP contribution in [0.5, 0.6) is 0 Å². The van der Waals surface area contributed by atoms with E-state index in [4.69, 9.17) is 4.74 Å². The van der Waals surface area contributed by atoms with Crippen LogP contribution >= 0.6 is 0 Å². The van der Waals surface area contributed by atoms with Crippen molar-refractivity contribution in [1.82, 2.24) is 9.21 Å². The molecule has 0 unspecified atom stereocenters. The molecule has 7 heteroatoms.